The van der Waals surface area contributed by atoms with E-state index in [-0.39, 0.29) is 12.2 Å². The van der Waals surface area contributed by atoms with Gasteiger partial charge in [0.2, 0.25) is 0 Å². The molecule has 5 nitrogen and oxygen atoms in total. The number of carbonyl (C=O) groups is 2. The fourth-order valence-electron chi connectivity index (χ4n) is 3.46. The Morgan fingerprint density at radius 1 is 0.848 bits per heavy atom. The van der Waals surface area contributed by atoms with Crippen molar-refractivity contribution in [3.05, 3.63) is 95.1 Å². The number of para-hydroxylation sites is 1. The van der Waals surface area contributed by atoms with Crippen LogP contribution in [0.15, 0.2) is 72.8 Å². The van der Waals surface area contributed by atoms with Crippen molar-refractivity contribution in [2.24, 2.45) is 0 Å². The van der Waals surface area contributed by atoms with E-state index in [0.29, 0.717) is 28.9 Å². The molecular formula is C27H29AsO5. The molecule has 3 aromatic rings. The topological polar surface area (TPSA) is 72.8 Å². The van der Waals surface area contributed by atoms with Crippen molar-refractivity contribution in [2.45, 2.75) is 38.0 Å². The molecule has 172 valence electrons. The number of hydrogen-bond acceptors (Lipinski definition) is 4. The van der Waals surface area contributed by atoms with Crippen molar-refractivity contribution in [3.63, 3.8) is 0 Å². The van der Waals surface area contributed by atoms with Gasteiger partial charge in [0.1, 0.15) is 0 Å². The third-order valence-corrected chi connectivity index (χ3v) is 7.60. The molecule has 1 atom stereocenters. The molecule has 0 heterocycles. The first-order chi connectivity index (χ1) is 16.1. The second-order valence-electron chi connectivity index (χ2n) is 7.54. The molecule has 0 spiro atoms. The Morgan fingerprint density at radius 2 is 1.55 bits per heavy atom. The van der Waals surface area contributed by atoms with E-state index in [1.165, 1.54) is 5.56 Å². The summed E-state index contributed by atoms with van der Waals surface area (Å²) in [5, 5.41) is 10.2. The van der Waals surface area contributed by atoms with Gasteiger partial charge in [-0.2, -0.15) is 0 Å². The molecule has 0 aromatic heterocycles. The van der Waals surface area contributed by atoms with Crippen molar-refractivity contribution in [1.82, 2.24) is 0 Å². The van der Waals surface area contributed by atoms with Gasteiger partial charge in [-0.25, -0.2) is 4.79 Å². The third kappa shape index (κ3) is 7.80. The Morgan fingerprint density at radius 3 is 2.27 bits per heavy atom. The van der Waals surface area contributed by atoms with Gasteiger partial charge in [0.05, 0.1) is 0 Å². The number of aryl methyl sites for hydroxylation is 2. The number of carboxylic acids is 1. The third-order valence-electron chi connectivity index (χ3n) is 5.20. The van der Waals surface area contributed by atoms with E-state index in [1.54, 1.807) is 24.3 Å². The van der Waals surface area contributed by atoms with Gasteiger partial charge in [0.15, 0.2) is 0 Å². The molecule has 3 rings (SSSR count). The zero-order chi connectivity index (χ0) is 23.5. The number of carbonyl (C=O) groups excluding carboxylic acids is 1. The summed E-state index contributed by atoms with van der Waals surface area (Å²) in [5.41, 5.74) is 3.15. The summed E-state index contributed by atoms with van der Waals surface area (Å²) in [7, 11) is 0. The predicted molar refractivity (Wildman–Crippen MR) is 131 cm³/mol. The Labute approximate surface area is 201 Å². The molecule has 0 amide bonds. The molecule has 1 N–H and O–H groups in total. The number of aromatic carboxylic acids is 1. The summed E-state index contributed by atoms with van der Waals surface area (Å²) >= 11 is -0.644. The van der Waals surface area contributed by atoms with Crippen LogP contribution in [-0.2, 0) is 24.2 Å². The van der Waals surface area contributed by atoms with Gasteiger partial charge in [-0.15, -0.1) is 0 Å². The molecule has 6 heteroatoms. The Balaban J connectivity index is 1.41. The summed E-state index contributed by atoms with van der Waals surface area (Å²) in [5.74, 6) is 0.635. The van der Waals surface area contributed by atoms with Gasteiger partial charge in [-0.1, -0.05) is 6.07 Å². The summed E-state index contributed by atoms with van der Waals surface area (Å²) in [6.45, 7) is 2.81. The van der Waals surface area contributed by atoms with Crippen LogP contribution in [0.5, 0.6) is 11.5 Å². The number of rotatable bonds is 13. The number of carboxylic acid groups (broad SMARTS) is 1. The standard InChI is InChI=1S/C27H29AsO5/c1-2-32-25-10-6-4-7-21(25)17-18-28-26(29)16-13-20-11-14-23(15-12-20)33-19-22-8-3-5-9-24(22)27(30)31/h3-12,14-15,28H,2,13,16-19H2,1H3,(H,30,31). The van der Waals surface area contributed by atoms with Crippen LogP contribution in [-0.4, -0.2) is 38.0 Å². The van der Waals surface area contributed by atoms with Gasteiger partial charge in [0, 0.05) is 0 Å². The van der Waals surface area contributed by atoms with E-state index in [0.717, 1.165) is 29.4 Å². The first kappa shape index (κ1) is 24.6. The molecule has 0 aliphatic carbocycles. The normalized spacial score (nSPS) is 10.9. The molecule has 0 bridgehead atoms. The van der Waals surface area contributed by atoms with Crippen LogP contribution in [0.3, 0.4) is 0 Å². The van der Waals surface area contributed by atoms with Crippen LogP contribution in [0.1, 0.15) is 40.4 Å². The van der Waals surface area contributed by atoms with Crippen LogP contribution >= 0.6 is 0 Å². The molecule has 3 aromatic carbocycles. The molecule has 0 radical (unpaired) electrons. The first-order valence-electron chi connectivity index (χ1n) is 11.1. The van der Waals surface area contributed by atoms with Crippen molar-refractivity contribution in [3.8, 4) is 11.5 Å². The molecule has 0 saturated heterocycles. The fourth-order valence-corrected chi connectivity index (χ4v) is 5.50. The number of benzene rings is 3. The van der Waals surface area contributed by atoms with E-state index >= 15 is 0 Å². The number of hydrogen-bond donors (Lipinski definition) is 1. The average Bonchev–Trinajstić information content (AvgIpc) is 2.83. The molecule has 0 saturated carbocycles. The molecule has 33 heavy (non-hydrogen) atoms. The minimum absolute atomic E-state index is 0.192. The molecular weight excluding hydrogens is 479 g/mol. The number of ether oxygens (including phenoxy) is 2. The Hall–Kier alpha value is -3.04. The molecule has 0 aliphatic heterocycles. The van der Waals surface area contributed by atoms with E-state index < -0.39 is 21.7 Å². The maximum absolute atomic E-state index is 12.4. The molecule has 1 unspecified atom stereocenters. The van der Waals surface area contributed by atoms with Gasteiger partial charge < -0.3 is 5.11 Å². The summed E-state index contributed by atoms with van der Waals surface area (Å²) in [6.07, 6.45) is 2.18. The van der Waals surface area contributed by atoms with Crippen molar-refractivity contribution in [2.75, 3.05) is 6.61 Å². The SMILES string of the molecule is CCOc1ccccc1CC[AsH]C(=O)CCc1ccc(OCc2ccccc2C(=O)O)cc1. The fraction of sp³-hybridized carbons (Fsp3) is 0.259. The van der Waals surface area contributed by atoms with E-state index in [2.05, 4.69) is 6.07 Å². The maximum atomic E-state index is 12.4. The van der Waals surface area contributed by atoms with Crippen molar-refractivity contribution in [1.29, 1.82) is 0 Å². The van der Waals surface area contributed by atoms with E-state index in [9.17, 15) is 14.7 Å². The van der Waals surface area contributed by atoms with Crippen LogP contribution in [0.4, 0.5) is 0 Å². The van der Waals surface area contributed by atoms with Crippen LogP contribution in [0.2, 0.25) is 5.21 Å². The zero-order valence-corrected chi connectivity index (χ0v) is 20.8. The summed E-state index contributed by atoms with van der Waals surface area (Å²) in [6, 6.07) is 22.5. The molecule has 0 aliphatic rings. The summed E-state index contributed by atoms with van der Waals surface area (Å²) in [4.78, 5) is 23.7. The van der Waals surface area contributed by atoms with Crippen LogP contribution in [0, 0.1) is 0 Å². The minimum atomic E-state index is -0.962. The molecule has 0 fully saturated rings. The monoisotopic (exact) mass is 508 g/mol. The van der Waals surface area contributed by atoms with Crippen LogP contribution in [0.25, 0.3) is 0 Å². The quantitative estimate of drug-likeness (QED) is 0.332. The Bertz CT molecular complexity index is 1060. The van der Waals surface area contributed by atoms with E-state index in [4.69, 9.17) is 9.47 Å². The van der Waals surface area contributed by atoms with Gasteiger partial charge >= 0.3 is 186 Å². The van der Waals surface area contributed by atoms with Crippen molar-refractivity contribution < 1.29 is 24.2 Å². The van der Waals surface area contributed by atoms with Crippen molar-refractivity contribution >= 4 is 26.3 Å². The second kappa shape index (κ2) is 12.9. The second-order valence-corrected chi connectivity index (χ2v) is 10.5. The van der Waals surface area contributed by atoms with Gasteiger partial charge in [-0.05, 0) is 0 Å². The predicted octanol–water partition coefficient (Wildman–Crippen LogP) is 4.92. The Kier molecular flexibility index (Phi) is 9.58. The van der Waals surface area contributed by atoms with Gasteiger partial charge in [-0.3, -0.25) is 0 Å². The first-order valence-corrected chi connectivity index (χ1v) is 13.6. The zero-order valence-electron chi connectivity index (χ0n) is 18.8. The van der Waals surface area contributed by atoms with Crippen LogP contribution < -0.4 is 9.47 Å². The summed E-state index contributed by atoms with van der Waals surface area (Å²) < 4.78 is 11.8. The van der Waals surface area contributed by atoms with Gasteiger partial charge in [0.25, 0.3) is 0 Å². The van der Waals surface area contributed by atoms with E-state index in [1.807, 2.05) is 49.4 Å². The average molecular weight is 508 g/mol.